The molecule has 1 amide bonds. The van der Waals surface area contributed by atoms with Crippen molar-refractivity contribution in [3.05, 3.63) is 35.9 Å². The monoisotopic (exact) mass is 246 g/mol. The predicted octanol–water partition coefficient (Wildman–Crippen LogP) is -0.183. The predicted molar refractivity (Wildman–Crippen MR) is 65.9 cm³/mol. The number of rotatable bonds is 2. The van der Waals surface area contributed by atoms with Crippen molar-refractivity contribution in [3.8, 4) is 5.75 Å². The molecule has 2 aliphatic heterocycles. The van der Waals surface area contributed by atoms with E-state index in [1.54, 1.807) is 13.2 Å². The molecule has 94 valence electrons. The summed E-state index contributed by atoms with van der Waals surface area (Å²) in [5.74, 6) is 0.735. The quantitative estimate of drug-likeness (QED) is 0.675. The number of benzene rings is 1. The highest BCUT2D eigenvalue weighted by molar-refractivity contribution is 5.96. The Morgan fingerprint density at radius 1 is 1.33 bits per heavy atom. The van der Waals surface area contributed by atoms with Crippen molar-refractivity contribution < 1.29 is 9.53 Å². The fourth-order valence-corrected chi connectivity index (χ4v) is 2.05. The molecule has 0 aliphatic carbocycles. The van der Waals surface area contributed by atoms with E-state index < -0.39 is 0 Å². The van der Waals surface area contributed by atoms with E-state index >= 15 is 0 Å². The number of nitrogens with one attached hydrogen (secondary N) is 3. The lowest BCUT2D eigenvalue weighted by Crippen LogP contribution is -2.54. The van der Waals surface area contributed by atoms with Gasteiger partial charge >= 0.3 is 0 Å². The first kappa shape index (κ1) is 11.1. The lowest BCUT2D eigenvalue weighted by molar-refractivity contribution is -0.130. The fraction of sp³-hybridized carbons (Fsp3) is 0.250. The molecule has 0 aromatic heterocycles. The number of amides is 1. The summed E-state index contributed by atoms with van der Waals surface area (Å²) in [6, 6.07) is 7.58. The van der Waals surface area contributed by atoms with Crippen LogP contribution in [0.15, 0.2) is 30.3 Å². The minimum Gasteiger partial charge on any atom is -0.497 e. The molecule has 1 aromatic carbocycles. The Hall–Kier alpha value is -2.05. The minimum atomic E-state index is -0.195. The van der Waals surface area contributed by atoms with E-state index in [0.717, 1.165) is 17.0 Å². The molecule has 1 atom stereocenters. The molecule has 0 radical (unpaired) electrons. The molecule has 2 heterocycles. The van der Waals surface area contributed by atoms with Gasteiger partial charge in [-0.15, -0.1) is 0 Å². The summed E-state index contributed by atoms with van der Waals surface area (Å²) in [7, 11) is 1.63. The van der Waals surface area contributed by atoms with Crippen LogP contribution < -0.4 is 20.8 Å². The van der Waals surface area contributed by atoms with Gasteiger partial charge in [0, 0.05) is 11.8 Å². The van der Waals surface area contributed by atoms with E-state index in [2.05, 4.69) is 16.1 Å². The zero-order chi connectivity index (χ0) is 12.5. The topological polar surface area (TPSA) is 65.6 Å². The maximum atomic E-state index is 11.9. The first-order valence-electron chi connectivity index (χ1n) is 5.71. The summed E-state index contributed by atoms with van der Waals surface area (Å²) >= 11 is 0. The number of fused-ring (bicyclic) bond motifs is 1. The second kappa shape index (κ2) is 4.32. The Labute approximate surface area is 105 Å². The molecule has 0 spiro atoms. The van der Waals surface area contributed by atoms with Crippen molar-refractivity contribution in [2.45, 2.75) is 6.29 Å². The average molecular weight is 246 g/mol. The number of nitrogens with zero attached hydrogens (tertiary/aromatic N) is 1. The maximum absolute atomic E-state index is 11.9. The number of hydrazine groups is 1. The van der Waals surface area contributed by atoms with Crippen LogP contribution in [0.2, 0.25) is 0 Å². The number of hydrogen-bond acceptors (Lipinski definition) is 5. The van der Waals surface area contributed by atoms with Crippen LogP contribution in [0, 0.1) is 0 Å². The van der Waals surface area contributed by atoms with Gasteiger partial charge in [0.25, 0.3) is 5.91 Å². The van der Waals surface area contributed by atoms with Crippen molar-refractivity contribution in [1.29, 1.82) is 0 Å². The molecular formula is C12H14N4O2. The van der Waals surface area contributed by atoms with Gasteiger partial charge < -0.3 is 10.1 Å². The van der Waals surface area contributed by atoms with E-state index in [1.165, 1.54) is 5.01 Å². The third-order valence-corrected chi connectivity index (χ3v) is 3.00. The number of hydrogen-bond donors (Lipinski definition) is 3. The van der Waals surface area contributed by atoms with Gasteiger partial charge in [0.15, 0.2) is 6.29 Å². The van der Waals surface area contributed by atoms with Crippen LogP contribution in [-0.2, 0) is 4.79 Å². The van der Waals surface area contributed by atoms with Gasteiger partial charge in [-0.3, -0.25) is 10.1 Å². The molecule has 3 N–H and O–H groups in total. The Morgan fingerprint density at radius 2 is 2.11 bits per heavy atom. The largest absolute Gasteiger partial charge is 0.497 e. The molecule has 6 nitrogen and oxygen atoms in total. The minimum absolute atomic E-state index is 0.0606. The van der Waals surface area contributed by atoms with E-state index in [-0.39, 0.29) is 12.2 Å². The molecule has 18 heavy (non-hydrogen) atoms. The molecule has 1 saturated heterocycles. The average Bonchev–Trinajstić information content (AvgIpc) is 2.88. The van der Waals surface area contributed by atoms with Crippen molar-refractivity contribution in [1.82, 2.24) is 21.1 Å². The molecule has 3 rings (SSSR count). The third-order valence-electron chi connectivity index (χ3n) is 3.00. The van der Waals surface area contributed by atoms with Crippen molar-refractivity contribution in [3.63, 3.8) is 0 Å². The highest BCUT2D eigenvalue weighted by Crippen LogP contribution is 2.20. The Bertz CT molecular complexity index is 497. The summed E-state index contributed by atoms with van der Waals surface area (Å²) in [4.78, 5) is 11.9. The highest BCUT2D eigenvalue weighted by atomic mass is 16.5. The second-order valence-electron chi connectivity index (χ2n) is 4.08. The third kappa shape index (κ3) is 1.81. The summed E-state index contributed by atoms with van der Waals surface area (Å²) in [6.45, 7) is 0.577. The van der Waals surface area contributed by atoms with E-state index in [4.69, 9.17) is 4.74 Å². The van der Waals surface area contributed by atoms with Gasteiger partial charge in [0.05, 0.1) is 13.8 Å². The van der Waals surface area contributed by atoms with Crippen LogP contribution in [0.5, 0.6) is 5.75 Å². The molecule has 1 fully saturated rings. The Kier molecular flexibility index (Phi) is 2.66. The summed E-state index contributed by atoms with van der Waals surface area (Å²) < 4.78 is 5.11. The van der Waals surface area contributed by atoms with Crippen LogP contribution in [-0.4, -0.2) is 31.0 Å². The van der Waals surface area contributed by atoms with Crippen LogP contribution in [0.1, 0.15) is 5.56 Å². The van der Waals surface area contributed by atoms with Crippen LogP contribution in [0.25, 0.3) is 5.70 Å². The number of ether oxygens (including phenoxy) is 1. The molecule has 0 bridgehead atoms. The normalized spacial score (nSPS) is 22.3. The van der Waals surface area contributed by atoms with Crippen molar-refractivity contribution in [2.24, 2.45) is 0 Å². The first-order valence-corrected chi connectivity index (χ1v) is 5.71. The number of carbonyl (C=O) groups is 1. The molecule has 1 aromatic rings. The molecular weight excluding hydrogens is 232 g/mol. The summed E-state index contributed by atoms with van der Waals surface area (Å²) in [6.07, 6.45) is 1.39. The number of methoxy groups -OCH3 is 1. The summed E-state index contributed by atoms with van der Waals surface area (Å²) in [5, 5.41) is 7.91. The Balaban J connectivity index is 1.87. The molecule has 6 heteroatoms. The summed E-state index contributed by atoms with van der Waals surface area (Å²) in [5.41, 5.74) is 4.71. The lowest BCUT2D eigenvalue weighted by atomic mass is 10.1. The van der Waals surface area contributed by atoms with Gasteiger partial charge in [0.2, 0.25) is 0 Å². The zero-order valence-electron chi connectivity index (χ0n) is 9.93. The fourth-order valence-electron chi connectivity index (χ4n) is 2.05. The van der Waals surface area contributed by atoms with Gasteiger partial charge in [-0.05, 0) is 29.8 Å². The lowest BCUT2D eigenvalue weighted by Gasteiger charge is -2.29. The van der Waals surface area contributed by atoms with Crippen LogP contribution >= 0.6 is 0 Å². The van der Waals surface area contributed by atoms with E-state index in [0.29, 0.717) is 6.67 Å². The Morgan fingerprint density at radius 3 is 2.83 bits per heavy atom. The van der Waals surface area contributed by atoms with E-state index in [1.807, 2.05) is 24.3 Å². The number of carbonyl (C=O) groups excluding carboxylic acids is 1. The first-order chi connectivity index (χ1) is 8.78. The highest BCUT2D eigenvalue weighted by Gasteiger charge is 2.31. The van der Waals surface area contributed by atoms with Crippen LogP contribution in [0.3, 0.4) is 0 Å². The smallest absolute Gasteiger partial charge is 0.265 e. The van der Waals surface area contributed by atoms with Crippen molar-refractivity contribution in [2.75, 3.05) is 13.8 Å². The van der Waals surface area contributed by atoms with E-state index in [9.17, 15) is 4.79 Å². The van der Waals surface area contributed by atoms with Gasteiger partial charge in [-0.2, -0.15) is 0 Å². The SMILES string of the molecule is COc1ccc(C2=CC(=O)N3NCNC3N2)cc1. The molecule has 2 aliphatic rings. The van der Waals surface area contributed by atoms with Crippen LogP contribution in [0.4, 0.5) is 0 Å². The van der Waals surface area contributed by atoms with Gasteiger partial charge in [-0.25, -0.2) is 10.4 Å². The van der Waals surface area contributed by atoms with Gasteiger partial charge in [0.1, 0.15) is 5.75 Å². The second-order valence-corrected chi connectivity index (χ2v) is 4.08. The standard InChI is InChI=1S/C12H14N4O2/c1-18-9-4-2-8(3-5-9)10-6-11(17)16-12(15-10)13-7-14-16/h2-6,12-15H,7H2,1H3. The zero-order valence-corrected chi connectivity index (χ0v) is 9.93. The molecule has 1 unspecified atom stereocenters. The van der Waals surface area contributed by atoms with Gasteiger partial charge in [-0.1, -0.05) is 0 Å². The maximum Gasteiger partial charge on any atom is 0.265 e. The molecule has 0 saturated carbocycles. The van der Waals surface area contributed by atoms with Crippen molar-refractivity contribution >= 4 is 11.6 Å².